The van der Waals surface area contributed by atoms with E-state index in [9.17, 15) is 0 Å². The first-order chi connectivity index (χ1) is 13.0. The number of nitrogens with zero attached hydrogens (tertiary/aromatic N) is 4. The highest BCUT2D eigenvalue weighted by atomic mass is 35.5. The predicted molar refractivity (Wildman–Crippen MR) is 111 cm³/mol. The van der Waals surface area contributed by atoms with Gasteiger partial charge in [-0.05, 0) is 37.5 Å². The molecule has 2 heterocycles. The summed E-state index contributed by atoms with van der Waals surface area (Å²) in [7, 11) is 4.06. The third-order valence-corrected chi connectivity index (χ3v) is 4.69. The fourth-order valence-electron chi connectivity index (χ4n) is 3.08. The van der Waals surface area contributed by atoms with Crippen molar-refractivity contribution < 1.29 is 0 Å². The molecular weight excluding hydrogens is 360 g/mol. The van der Waals surface area contributed by atoms with E-state index < -0.39 is 0 Å². The summed E-state index contributed by atoms with van der Waals surface area (Å²) >= 11 is 6.18. The van der Waals surface area contributed by atoms with Crippen molar-refractivity contribution in [3.63, 3.8) is 0 Å². The number of benzene rings is 2. The van der Waals surface area contributed by atoms with Gasteiger partial charge in [-0.15, -0.1) is 0 Å². The molecule has 0 atom stereocenters. The van der Waals surface area contributed by atoms with Crippen LogP contribution in [0.5, 0.6) is 0 Å². The molecule has 0 spiro atoms. The van der Waals surface area contributed by atoms with E-state index in [4.69, 9.17) is 21.6 Å². The zero-order chi connectivity index (χ0) is 19.0. The van der Waals surface area contributed by atoms with E-state index in [0.29, 0.717) is 17.2 Å². The summed E-state index contributed by atoms with van der Waals surface area (Å²) in [4.78, 5) is 11.6. The number of fused-ring (bicyclic) bond motifs is 3. The Morgan fingerprint density at radius 3 is 2.78 bits per heavy atom. The molecule has 4 rings (SSSR count). The van der Waals surface area contributed by atoms with E-state index >= 15 is 0 Å². The Morgan fingerprint density at radius 2 is 2.00 bits per heavy atom. The molecule has 138 valence electrons. The fourth-order valence-corrected chi connectivity index (χ4v) is 3.25. The summed E-state index contributed by atoms with van der Waals surface area (Å²) in [5.41, 5.74) is 7.97. The maximum absolute atomic E-state index is 6.18. The second kappa shape index (κ2) is 7.06. The van der Waals surface area contributed by atoms with Crippen molar-refractivity contribution in [2.24, 2.45) is 4.99 Å². The lowest BCUT2D eigenvalue weighted by Crippen LogP contribution is -2.35. The summed E-state index contributed by atoms with van der Waals surface area (Å²) < 4.78 is 2.01. The van der Waals surface area contributed by atoms with Crippen LogP contribution in [-0.2, 0) is 0 Å². The molecule has 6 nitrogen and oxygen atoms in total. The zero-order valence-electron chi connectivity index (χ0n) is 15.3. The van der Waals surface area contributed by atoms with Crippen LogP contribution in [-0.4, -0.2) is 41.6 Å². The minimum Gasteiger partial charge on any atom is -0.308 e. The Balaban J connectivity index is 2.05. The van der Waals surface area contributed by atoms with Crippen molar-refractivity contribution in [3.8, 4) is 0 Å². The molecule has 0 saturated heterocycles. The minimum absolute atomic E-state index is 0.623. The molecule has 3 aromatic rings. The standard InChI is InChI=1S/C20H21ClN6/c1-13-6-4-5-7-15(13)18-24-25-19-16-9-8-14(21)12-17(16)23-20(27(18)19)22-10-11-26(2)3/h4-9,12,24-25H,1,10-11H2,2-3H3. The Morgan fingerprint density at radius 1 is 1.19 bits per heavy atom. The fraction of sp³-hybridized carbons (Fsp3) is 0.200. The number of rotatable bonds is 3. The molecule has 1 aliphatic heterocycles. The SMILES string of the molecule is C=c1ccccc1=C1NNc2c3ccc(Cl)cc3nc(=NCCN(C)C)n21. The molecule has 0 bridgehead atoms. The van der Waals surface area contributed by atoms with Crippen molar-refractivity contribution in [1.29, 1.82) is 0 Å². The van der Waals surface area contributed by atoms with Crippen molar-refractivity contribution >= 4 is 40.7 Å². The predicted octanol–water partition coefficient (Wildman–Crippen LogP) is 1.11. The molecule has 0 unspecified atom stereocenters. The van der Waals surface area contributed by atoms with Crippen LogP contribution in [0.25, 0.3) is 23.3 Å². The Bertz CT molecular complexity index is 1200. The van der Waals surface area contributed by atoms with Crippen LogP contribution in [0.15, 0.2) is 47.5 Å². The highest BCUT2D eigenvalue weighted by Crippen LogP contribution is 2.26. The van der Waals surface area contributed by atoms with Gasteiger partial charge < -0.3 is 4.90 Å². The monoisotopic (exact) mass is 380 g/mol. The third-order valence-electron chi connectivity index (χ3n) is 4.45. The Hall–Kier alpha value is -2.83. The molecule has 1 aliphatic rings. The lowest BCUT2D eigenvalue weighted by molar-refractivity contribution is 0.418. The van der Waals surface area contributed by atoms with Crippen LogP contribution in [0.4, 0.5) is 5.82 Å². The first-order valence-corrected chi connectivity index (χ1v) is 9.10. The van der Waals surface area contributed by atoms with Crippen molar-refractivity contribution in [2.45, 2.75) is 0 Å². The summed E-state index contributed by atoms with van der Waals surface area (Å²) in [5, 5.41) is 3.54. The van der Waals surface area contributed by atoms with Crippen molar-refractivity contribution in [2.75, 3.05) is 32.6 Å². The second-order valence-corrected chi connectivity index (χ2v) is 7.13. The topological polar surface area (TPSA) is 57.5 Å². The molecule has 0 aliphatic carbocycles. The van der Waals surface area contributed by atoms with Crippen molar-refractivity contribution in [3.05, 3.63) is 63.5 Å². The van der Waals surface area contributed by atoms with E-state index in [2.05, 4.69) is 22.3 Å². The summed E-state index contributed by atoms with van der Waals surface area (Å²) in [6.45, 7) is 5.63. The number of hydrazine groups is 1. The molecule has 0 amide bonds. The van der Waals surface area contributed by atoms with E-state index in [1.807, 2.05) is 61.1 Å². The molecule has 0 radical (unpaired) electrons. The van der Waals surface area contributed by atoms with Gasteiger partial charge in [0.05, 0.1) is 12.1 Å². The Labute approximate surface area is 162 Å². The first kappa shape index (κ1) is 17.6. The highest BCUT2D eigenvalue weighted by molar-refractivity contribution is 6.31. The largest absolute Gasteiger partial charge is 0.308 e. The first-order valence-electron chi connectivity index (χ1n) is 8.73. The quantitative estimate of drug-likeness (QED) is 0.714. The summed E-state index contributed by atoms with van der Waals surface area (Å²) in [6.07, 6.45) is 0. The van der Waals surface area contributed by atoms with Gasteiger partial charge in [0.1, 0.15) is 11.6 Å². The van der Waals surface area contributed by atoms with Crippen LogP contribution in [0, 0.1) is 0 Å². The molecule has 0 fully saturated rings. The van der Waals surface area contributed by atoms with Crippen LogP contribution in [0.3, 0.4) is 0 Å². The molecule has 2 aromatic carbocycles. The lowest BCUT2D eigenvalue weighted by Gasteiger charge is -2.09. The van der Waals surface area contributed by atoms with E-state index in [1.165, 1.54) is 0 Å². The van der Waals surface area contributed by atoms with Gasteiger partial charge in [0, 0.05) is 22.2 Å². The van der Waals surface area contributed by atoms with Crippen LogP contribution < -0.4 is 26.9 Å². The molecule has 7 heteroatoms. The number of nitrogens with one attached hydrogen (secondary N) is 2. The minimum atomic E-state index is 0.623. The van der Waals surface area contributed by atoms with Gasteiger partial charge in [-0.3, -0.25) is 10.9 Å². The Kier molecular flexibility index (Phi) is 4.59. The third kappa shape index (κ3) is 3.29. The van der Waals surface area contributed by atoms with Crippen molar-refractivity contribution in [1.82, 2.24) is 19.9 Å². The number of hydrogen-bond donors (Lipinski definition) is 2. The van der Waals surface area contributed by atoms with Crippen LogP contribution in [0.2, 0.25) is 5.02 Å². The number of hydrogen-bond acceptors (Lipinski definition) is 5. The molecule has 0 saturated carbocycles. The highest BCUT2D eigenvalue weighted by Gasteiger charge is 2.20. The number of anilines is 1. The maximum atomic E-state index is 6.18. The zero-order valence-corrected chi connectivity index (χ0v) is 16.1. The van der Waals surface area contributed by atoms with E-state index in [1.54, 1.807) is 0 Å². The van der Waals surface area contributed by atoms with Gasteiger partial charge >= 0.3 is 0 Å². The molecule has 2 N–H and O–H groups in total. The van der Waals surface area contributed by atoms with Gasteiger partial charge in [0.15, 0.2) is 0 Å². The molecule has 1 aromatic heterocycles. The van der Waals surface area contributed by atoms with Gasteiger partial charge in [0.2, 0.25) is 5.62 Å². The average molecular weight is 381 g/mol. The second-order valence-electron chi connectivity index (χ2n) is 6.70. The van der Waals surface area contributed by atoms with Crippen LogP contribution in [0.1, 0.15) is 0 Å². The molecular formula is C20H21ClN6. The lowest BCUT2D eigenvalue weighted by atomic mass is 10.2. The average Bonchev–Trinajstić information content (AvgIpc) is 3.06. The van der Waals surface area contributed by atoms with Crippen LogP contribution >= 0.6 is 11.6 Å². The number of likely N-dealkylation sites (N-methyl/N-ethyl adjacent to an activating group) is 1. The van der Waals surface area contributed by atoms with Gasteiger partial charge in [-0.25, -0.2) is 14.5 Å². The maximum Gasteiger partial charge on any atom is 0.232 e. The number of aromatic nitrogens is 2. The van der Waals surface area contributed by atoms with Gasteiger partial charge in [-0.1, -0.05) is 42.4 Å². The smallest absolute Gasteiger partial charge is 0.232 e. The van der Waals surface area contributed by atoms with E-state index in [-0.39, 0.29) is 0 Å². The van der Waals surface area contributed by atoms with Gasteiger partial charge in [0.25, 0.3) is 0 Å². The summed E-state index contributed by atoms with van der Waals surface area (Å²) in [5.74, 6) is 1.75. The summed E-state index contributed by atoms with van der Waals surface area (Å²) in [6, 6.07) is 13.7. The molecule has 27 heavy (non-hydrogen) atoms. The number of halogens is 1. The van der Waals surface area contributed by atoms with E-state index in [0.717, 1.165) is 39.5 Å². The van der Waals surface area contributed by atoms with Gasteiger partial charge in [-0.2, -0.15) is 0 Å². The normalized spacial score (nSPS) is 15.8.